The van der Waals surface area contributed by atoms with Gasteiger partial charge in [0.15, 0.2) is 17.6 Å². The van der Waals surface area contributed by atoms with E-state index in [4.69, 9.17) is 13.9 Å². The Bertz CT molecular complexity index is 1150. The van der Waals surface area contributed by atoms with Crippen LogP contribution in [0.15, 0.2) is 57.7 Å². The Hall–Kier alpha value is -3.81. The summed E-state index contributed by atoms with van der Waals surface area (Å²) in [6.07, 6.45) is -1.91. The molecular weight excluding hydrogens is 404 g/mol. The maximum atomic E-state index is 12.9. The molecule has 2 atom stereocenters. The molecule has 31 heavy (non-hydrogen) atoms. The van der Waals surface area contributed by atoms with Gasteiger partial charge in [-0.15, -0.1) is 0 Å². The smallest absolute Gasteiger partial charge is 0.346 e. The van der Waals surface area contributed by atoms with E-state index in [1.807, 2.05) is 18.2 Å². The van der Waals surface area contributed by atoms with Crippen molar-refractivity contribution < 1.29 is 33.0 Å². The quantitative estimate of drug-likeness (QED) is 0.530. The van der Waals surface area contributed by atoms with Crippen molar-refractivity contribution in [3.63, 3.8) is 0 Å². The number of rotatable bonds is 7. The molecular formula is C23H22O8. The molecule has 1 aromatic heterocycles. The van der Waals surface area contributed by atoms with Crippen LogP contribution < -0.4 is 14.9 Å². The van der Waals surface area contributed by atoms with Crippen LogP contribution in [-0.4, -0.2) is 38.4 Å². The van der Waals surface area contributed by atoms with Gasteiger partial charge in [-0.3, -0.25) is 4.79 Å². The number of carbonyl (C=O) groups is 2. The molecule has 162 valence electrons. The summed E-state index contributed by atoms with van der Waals surface area (Å²) in [7, 11) is 2.48. The van der Waals surface area contributed by atoms with E-state index >= 15 is 0 Å². The van der Waals surface area contributed by atoms with E-state index in [0.29, 0.717) is 11.3 Å². The number of methoxy groups -OCH3 is 2. The normalized spacial score (nSPS) is 12.6. The molecule has 8 heteroatoms. The summed E-state index contributed by atoms with van der Waals surface area (Å²) in [6, 6.07) is 13.4. The van der Waals surface area contributed by atoms with Crippen molar-refractivity contribution in [2.24, 2.45) is 0 Å². The Morgan fingerprint density at radius 1 is 0.871 bits per heavy atom. The van der Waals surface area contributed by atoms with Crippen molar-refractivity contribution in [3.05, 3.63) is 58.8 Å². The number of ether oxygens (including phenoxy) is 4. The molecule has 0 radical (unpaired) electrons. The first kappa shape index (κ1) is 21.9. The molecule has 0 spiro atoms. The average molecular weight is 426 g/mol. The molecule has 0 bridgehead atoms. The first-order valence-corrected chi connectivity index (χ1v) is 9.50. The highest BCUT2D eigenvalue weighted by atomic mass is 16.6. The van der Waals surface area contributed by atoms with Crippen molar-refractivity contribution in [1.82, 2.24) is 0 Å². The monoisotopic (exact) mass is 426 g/mol. The molecule has 0 aliphatic rings. The third kappa shape index (κ3) is 4.85. The molecule has 2 aromatic carbocycles. The molecule has 8 nitrogen and oxygen atoms in total. The lowest BCUT2D eigenvalue weighted by Gasteiger charge is -2.17. The minimum atomic E-state index is -0.991. The van der Waals surface area contributed by atoms with Crippen LogP contribution in [0.3, 0.4) is 0 Å². The van der Waals surface area contributed by atoms with E-state index in [0.717, 1.165) is 0 Å². The second-order valence-corrected chi connectivity index (χ2v) is 6.70. The lowest BCUT2D eigenvalue weighted by atomic mass is 10.1. The van der Waals surface area contributed by atoms with E-state index in [2.05, 4.69) is 9.47 Å². The first-order chi connectivity index (χ1) is 14.8. The van der Waals surface area contributed by atoms with Crippen LogP contribution in [0, 0.1) is 0 Å². The number of carbonyl (C=O) groups excluding carboxylic acids is 2. The largest absolute Gasteiger partial charge is 0.479 e. The van der Waals surface area contributed by atoms with Crippen molar-refractivity contribution in [2.45, 2.75) is 26.1 Å². The van der Waals surface area contributed by atoms with E-state index in [1.165, 1.54) is 46.3 Å². The van der Waals surface area contributed by atoms with Crippen LogP contribution in [0.1, 0.15) is 13.8 Å². The van der Waals surface area contributed by atoms with Crippen LogP contribution in [0.25, 0.3) is 22.3 Å². The fourth-order valence-corrected chi connectivity index (χ4v) is 2.96. The molecule has 3 rings (SSSR count). The van der Waals surface area contributed by atoms with Gasteiger partial charge in [0.2, 0.25) is 0 Å². The maximum Gasteiger partial charge on any atom is 0.346 e. The number of benzene rings is 2. The Morgan fingerprint density at radius 3 is 2.10 bits per heavy atom. The maximum absolute atomic E-state index is 12.9. The van der Waals surface area contributed by atoms with Gasteiger partial charge in [0.25, 0.3) is 0 Å². The number of fused-ring (bicyclic) bond motifs is 1. The molecule has 0 saturated carbocycles. The molecule has 0 unspecified atom stereocenters. The standard InChI is InChI=1S/C23H22O8/c1-13(22(25)27-3)29-16-10-19(30-14(2)23(26)28-4)21-17(24)12-18(31-20(21)11-16)15-8-6-5-7-9-15/h5-14H,1-4H3/t13-,14-/m0/s1. The summed E-state index contributed by atoms with van der Waals surface area (Å²) < 4.78 is 26.6. The molecule has 0 aliphatic carbocycles. The van der Waals surface area contributed by atoms with Crippen molar-refractivity contribution in [3.8, 4) is 22.8 Å². The van der Waals surface area contributed by atoms with Gasteiger partial charge in [0, 0.05) is 23.8 Å². The molecule has 0 N–H and O–H groups in total. The minimum Gasteiger partial charge on any atom is -0.479 e. The van der Waals surface area contributed by atoms with Gasteiger partial charge in [-0.2, -0.15) is 0 Å². The van der Waals surface area contributed by atoms with Crippen molar-refractivity contribution >= 4 is 22.9 Å². The summed E-state index contributed by atoms with van der Waals surface area (Å²) in [5.74, 6) is -0.581. The third-order valence-corrected chi connectivity index (χ3v) is 4.51. The number of hydrogen-bond donors (Lipinski definition) is 0. The van der Waals surface area contributed by atoms with Gasteiger partial charge < -0.3 is 23.4 Å². The summed E-state index contributed by atoms with van der Waals surface area (Å²) in [5.41, 5.74) is 0.522. The average Bonchev–Trinajstić information content (AvgIpc) is 2.77. The van der Waals surface area contributed by atoms with E-state index in [-0.39, 0.29) is 27.9 Å². The zero-order valence-corrected chi connectivity index (χ0v) is 17.5. The first-order valence-electron chi connectivity index (χ1n) is 9.50. The van der Waals surface area contributed by atoms with E-state index in [9.17, 15) is 14.4 Å². The highest BCUT2D eigenvalue weighted by molar-refractivity contribution is 5.87. The lowest BCUT2D eigenvalue weighted by molar-refractivity contribution is -0.148. The number of esters is 2. The van der Waals surface area contributed by atoms with Gasteiger partial charge >= 0.3 is 11.9 Å². The number of hydrogen-bond acceptors (Lipinski definition) is 8. The molecule has 3 aromatic rings. The Morgan fingerprint density at radius 2 is 1.48 bits per heavy atom. The van der Waals surface area contributed by atoms with Crippen LogP contribution >= 0.6 is 0 Å². The summed E-state index contributed by atoms with van der Waals surface area (Å²) >= 11 is 0. The van der Waals surface area contributed by atoms with Gasteiger partial charge in [-0.1, -0.05) is 30.3 Å². The van der Waals surface area contributed by atoms with Gasteiger partial charge in [-0.25, -0.2) is 9.59 Å². The Balaban J connectivity index is 2.15. The lowest BCUT2D eigenvalue weighted by Crippen LogP contribution is -2.26. The zero-order chi connectivity index (χ0) is 22.5. The molecule has 0 amide bonds. The van der Waals surface area contributed by atoms with Gasteiger partial charge in [0.05, 0.1) is 14.2 Å². The third-order valence-electron chi connectivity index (χ3n) is 4.51. The molecule has 0 aliphatic heterocycles. The zero-order valence-electron chi connectivity index (χ0n) is 17.5. The predicted molar refractivity (Wildman–Crippen MR) is 112 cm³/mol. The predicted octanol–water partition coefficient (Wildman–Crippen LogP) is 3.34. The Labute approximate surface area is 178 Å². The Kier molecular flexibility index (Phi) is 6.59. The SMILES string of the molecule is COC(=O)[C@H](C)Oc1cc(O[C@@H](C)C(=O)OC)c2c(=O)cc(-c3ccccc3)oc2c1. The highest BCUT2D eigenvalue weighted by Crippen LogP contribution is 2.33. The molecule has 0 fully saturated rings. The van der Waals surface area contributed by atoms with Crippen molar-refractivity contribution in [1.29, 1.82) is 0 Å². The second-order valence-electron chi connectivity index (χ2n) is 6.70. The van der Waals surface area contributed by atoms with E-state index < -0.39 is 24.1 Å². The van der Waals surface area contributed by atoms with Crippen LogP contribution in [0.2, 0.25) is 0 Å². The summed E-state index contributed by atoms with van der Waals surface area (Å²) in [5, 5.41) is 0.133. The van der Waals surface area contributed by atoms with Crippen LogP contribution in [0.4, 0.5) is 0 Å². The topological polar surface area (TPSA) is 101 Å². The van der Waals surface area contributed by atoms with Gasteiger partial charge in [-0.05, 0) is 13.8 Å². The molecule has 0 saturated heterocycles. The summed E-state index contributed by atoms with van der Waals surface area (Å²) in [4.78, 5) is 36.5. The van der Waals surface area contributed by atoms with Crippen molar-refractivity contribution in [2.75, 3.05) is 14.2 Å². The fraction of sp³-hybridized carbons (Fsp3) is 0.261. The van der Waals surface area contributed by atoms with Crippen LogP contribution in [0.5, 0.6) is 11.5 Å². The fourth-order valence-electron chi connectivity index (χ4n) is 2.96. The summed E-state index contributed by atoms with van der Waals surface area (Å²) in [6.45, 7) is 3.01. The molecule has 1 heterocycles. The second kappa shape index (κ2) is 9.34. The van der Waals surface area contributed by atoms with Gasteiger partial charge in [0.1, 0.15) is 28.2 Å². The van der Waals surface area contributed by atoms with E-state index in [1.54, 1.807) is 12.1 Å². The minimum absolute atomic E-state index is 0.0656. The van der Waals surface area contributed by atoms with Crippen LogP contribution in [-0.2, 0) is 19.1 Å². The highest BCUT2D eigenvalue weighted by Gasteiger charge is 2.22.